The van der Waals surface area contributed by atoms with Crippen molar-refractivity contribution in [1.29, 1.82) is 5.26 Å². The van der Waals surface area contributed by atoms with Crippen molar-refractivity contribution < 1.29 is 18.7 Å². The van der Waals surface area contributed by atoms with E-state index in [1.54, 1.807) is 30.3 Å². The van der Waals surface area contributed by atoms with Crippen molar-refractivity contribution in [2.75, 3.05) is 5.32 Å². The smallest absolute Gasteiger partial charge is 0.259 e. The number of rotatable bonds is 5. The van der Waals surface area contributed by atoms with Crippen molar-refractivity contribution in [2.45, 2.75) is 0 Å². The molecular formula is C25H14F2N8O2. The molecular weight excluding hydrogens is 482 g/mol. The number of hydrogen-bond donors (Lipinski definition) is 2. The average molecular weight is 496 g/mol. The summed E-state index contributed by atoms with van der Waals surface area (Å²) in [6.45, 7) is 0. The number of phenols is 1. The number of hydrogen-bond acceptors (Lipinski definition) is 8. The zero-order chi connectivity index (χ0) is 25.9. The molecule has 0 radical (unpaired) electrons. The van der Waals surface area contributed by atoms with E-state index in [-0.39, 0.29) is 28.6 Å². The second-order valence-corrected chi connectivity index (χ2v) is 7.55. The Morgan fingerprint density at radius 3 is 2.49 bits per heavy atom. The van der Waals surface area contributed by atoms with E-state index in [2.05, 4.69) is 30.6 Å². The lowest BCUT2D eigenvalue weighted by Gasteiger charge is -2.12. The Morgan fingerprint density at radius 1 is 1.03 bits per heavy atom. The van der Waals surface area contributed by atoms with Crippen LogP contribution in [-0.2, 0) is 0 Å². The number of fused-ring (bicyclic) bond motifs is 1. The van der Waals surface area contributed by atoms with Crippen LogP contribution in [0.3, 0.4) is 0 Å². The maximum absolute atomic E-state index is 14.1. The number of aromatic hydroxyl groups is 1. The van der Waals surface area contributed by atoms with E-state index in [0.717, 1.165) is 18.2 Å². The molecule has 37 heavy (non-hydrogen) atoms. The van der Waals surface area contributed by atoms with Gasteiger partial charge in [0.2, 0.25) is 0 Å². The van der Waals surface area contributed by atoms with Crippen LogP contribution in [0.1, 0.15) is 15.9 Å². The summed E-state index contributed by atoms with van der Waals surface area (Å²) in [4.78, 5) is 21.1. The monoisotopic (exact) mass is 496 g/mol. The van der Waals surface area contributed by atoms with Gasteiger partial charge < -0.3 is 10.4 Å². The summed E-state index contributed by atoms with van der Waals surface area (Å²) in [5, 5.41) is 35.9. The molecule has 2 aromatic heterocycles. The van der Waals surface area contributed by atoms with Crippen LogP contribution in [-0.4, -0.2) is 30.8 Å². The SMILES string of the molecule is N#Cc1cnn(-c2ncccn2)c1N=Nc1c(O)c(C(=O)Nc2c(F)cccc2F)cc2ccccc12. The first-order valence-electron chi connectivity index (χ1n) is 10.6. The number of phenolic OH excluding ortho intramolecular Hbond substituents is 1. The third-order valence-electron chi connectivity index (χ3n) is 5.29. The summed E-state index contributed by atoms with van der Waals surface area (Å²) >= 11 is 0. The Morgan fingerprint density at radius 2 is 1.76 bits per heavy atom. The van der Waals surface area contributed by atoms with Crippen LogP contribution < -0.4 is 5.32 Å². The molecule has 0 unspecified atom stereocenters. The summed E-state index contributed by atoms with van der Waals surface area (Å²) in [6.07, 6.45) is 4.23. The van der Waals surface area contributed by atoms with Crippen molar-refractivity contribution >= 4 is 33.9 Å². The van der Waals surface area contributed by atoms with Crippen LogP contribution in [0.2, 0.25) is 0 Å². The number of nitrogens with zero attached hydrogens (tertiary/aromatic N) is 7. The Kier molecular flexibility index (Phi) is 6.01. The fraction of sp³-hybridized carbons (Fsp3) is 0. The van der Waals surface area contributed by atoms with E-state index < -0.39 is 29.0 Å². The van der Waals surface area contributed by atoms with E-state index in [9.17, 15) is 23.9 Å². The van der Waals surface area contributed by atoms with E-state index in [1.165, 1.54) is 29.3 Å². The Hall–Kier alpha value is -5.57. The Bertz CT molecular complexity index is 1710. The number of carbonyl (C=O) groups is 1. The molecule has 5 rings (SSSR count). The molecule has 0 saturated heterocycles. The van der Waals surface area contributed by atoms with Gasteiger partial charge in [-0.05, 0) is 29.7 Å². The van der Waals surface area contributed by atoms with Crippen LogP contribution >= 0.6 is 0 Å². The lowest BCUT2D eigenvalue weighted by molar-refractivity contribution is 0.102. The highest BCUT2D eigenvalue weighted by Gasteiger charge is 2.21. The lowest BCUT2D eigenvalue weighted by Crippen LogP contribution is -2.14. The molecule has 0 fully saturated rings. The molecule has 0 saturated carbocycles. The third kappa shape index (κ3) is 4.32. The van der Waals surface area contributed by atoms with E-state index in [4.69, 9.17) is 0 Å². The molecule has 0 aliphatic carbocycles. The number of carbonyl (C=O) groups excluding carboxylic acids is 1. The van der Waals surface area contributed by atoms with E-state index >= 15 is 0 Å². The standard InChI is InChI=1S/C25H14F2N8O2/c26-18-7-3-8-19(27)21(18)32-24(37)17-11-14-5-1-2-6-16(14)20(22(17)36)33-34-23-15(12-28)13-31-35(23)25-29-9-4-10-30-25/h1-11,13,36H,(H,32,37). The first-order valence-corrected chi connectivity index (χ1v) is 10.6. The van der Waals surface area contributed by atoms with Gasteiger partial charge in [0.1, 0.15) is 34.6 Å². The molecule has 3 aromatic carbocycles. The molecule has 1 amide bonds. The van der Waals surface area contributed by atoms with Crippen molar-refractivity contribution in [3.05, 3.63) is 95.9 Å². The molecule has 12 heteroatoms. The molecule has 0 atom stereocenters. The number of amides is 1. The van der Waals surface area contributed by atoms with Crippen molar-refractivity contribution in [3.63, 3.8) is 0 Å². The summed E-state index contributed by atoms with van der Waals surface area (Å²) in [7, 11) is 0. The summed E-state index contributed by atoms with van der Waals surface area (Å²) in [5.74, 6) is -3.39. The molecule has 0 aliphatic rings. The van der Waals surface area contributed by atoms with Gasteiger partial charge in [0.05, 0.1) is 11.8 Å². The topological polar surface area (TPSA) is 141 Å². The van der Waals surface area contributed by atoms with Gasteiger partial charge in [0.15, 0.2) is 11.6 Å². The van der Waals surface area contributed by atoms with Crippen molar-refractivity contribution in [2.24, 2.45) is 10.2 Å². The highest BCUT2D eigenvalue weighted by molar-refractivity contribution is 6.11. The van der Waals surface area contributed by atoms with Crippen LogP contribution in [0, 0.1) is 23.0 Å². The minimum absolute atomic E-state index is 0.0135. The van der Waals surface area contributed by atoms with Gasteiger partial charge >= 0.3 is 0 Å². The number of benzene rings is 3. The normalized spacial score (nSPS) is 11.1. The molecule has 2 heterocycles. The highest BCUT2D eigenvalue weighted by atomic mass is 19.1. The summed E-state index contributed by atoms with van der Waals surface area (Å²) in [6, 6.07) is 14.8. The fourth-order valence-corrected chi connectivity index (χ4v) is 3.55. The molecule has 0 spiro atoms. The van der Waals surface area contributed by atoms with Gasteiger partial charge in [0, 0.05) is 17.8 Å². The maximum Gasteiger partial charge on any atom is 0.259 e. The van der Waals surface area contributed by atoms with Gasteiger partial charge in [-0.25, -0.2) is 18.7 Å². The van der Waals surface area contributed by atoms with Gasteiger partial charge in [-0.15, -0.1) is 10.2 Å². The van der Waals surface area contributed by atoms with Crippen molar-refractivity contribution in [1.82, 2.24) is 19.7 Å². The largest absolute Gasteiger partial charge is 0.505 e. The first-order chi connectivity index (χ1) is 18.0. The molecule has 180 valence electrons. The zero-order valence-corrected chi connectivity index (χ0v) is 18.7. The van der Waals surface area contributed by atoms with Crippen LogP contribution in [0.4, 0.5) is 26.0 Å². The van der Waals surface area contributed by atoms with Crippen LogP contribution in [0.5, 0.6) is 5.75 Å². The predicted molar refractivity (Wildman–Crippen MR) is 128 cm³/mol. The number of nitriles is 1. The van der Waals surface area contributed by atoms with Crippen LogP contribution in [0.15, 0.2) is 83.4 Å². The second kappa shape index (κ2) is 9.59. The first kappa shape index (κ1) is 23.2. The highest BCUT2D eigenvalue weighted by Crippen LogP contribution is 2.40. The quantitative estimate of drug-likeness (QED) is 0.315. The fourth-order valence-electron chi connectivity index (χ4n) is 3.55. The number of para-hydroxylation sites is 1. The minimum atomic E-state index is -0.978. The molecule has 0 bridgehead atoms. The second-order valence-electron chi connectivity index (χ2n) is 7.55. The van der Waals surface area contributed by atoms with E-state index in [0.29, 0.717) is 10.8 Å². The third-order valence-corrected chi connectivity index (χ3v) is 5.29. The van der Waals surface area contributed by atoms with Crippen LogP contribution in [0.25, 0.3) is 16.7 Å². The van der Waals surface area contributed by atoms with Gasteiger partial charge in [-0.1, -0.05) is 30.3 Å². The minimum Gasteiger partial charge on any atom is -0.505 e. The van der Waals surface area contributed by atoms with Gasteiger partial charge in [0.25, 0.3) is 11.9 Å². The number of nitrogens with one attached hydrogen (secondary N) is 1. The number of azo groups is 1. The molecule has 2 N–H and O–H groups in total. The molecule has 5 aromatic rings. The molecule has 0 aliphatic heterocycles. The zero-order valence-electron chi connectivity index (χ0n) is 18.7. The Balaban J connectivity index is 1.62. The van der Waals surface area contributed by atoms with Crippen molar-refractivity contribution in [3.8, 4) is 17.8 Å². The molecule has 10 nitrogen and oxygen atoms in total. The van der Waals surface area contributed by atoms with Gasteiger partial charge in [-0.3, -0.25) is 4.79 Å². The number of aromatic nitrogens is 4. The Labute approximate surface area is 207 Å². The number of anilines is 1. The average Bonchev–Trinajstić information content (AvgIpc) is 3.33. The maximum atomic E-state index is 14.1. The lowest BCUT2D eigenvalue weighted by atomic mass is 10.0. The number of halogens is 2. The van der Waals surface area contributed by atoms with E-state index in [1.807, 2.05) is 6.07 Å². The predicted octanol–water partition coefficient (Wildman–Crippen LogP) is 5.34. The van der Waals surface area contributed by atoms with Gasteiger partial charge in [-0.2, -0.15) is 15.0 Å². The summed E-state index contributed by atoms with van der Waals surface area (Å²) in [5.41, 5.74) is -1.00. The summed E-state index contributed by atoms with van der Waals surface area (Å²) < 4.78 is 29.4.